The number of rotatable bonds is 1. The van der Waals surface area contributed by atoms with E-state index >= 15 is 0 Å². The summed E-state index contributed by atoms with van der Waals surface area (Å²) in [4.78, 5) is 11.9. The molecule has 2 rings (SSSR count). The number of hydrogen-bond acceptors (Lipinski definition) is 3. The van der Waals surface area contributed by atoms with Crippen molar-refractivity contribution in [2.45, 2.75) is 19.9 Å². The molecular weight excluding hydrogens is 260 g/mol. The summed E-state index contributed by atoms with van der Waals surface area (Å²) in [6, 6.07) is 3.44. The van der Waals surface area contributed by atoms with Crippen LogP contribution in [0.1, 0.15) is 19.9 Å². The van der Waals surface area contributed by atoms with Crippen LogP contribution < -0.4 is 11.3 Å². The Morgan fingerprint density at radius 2 is 2.13 bits per heavy atom. The fraction of sp³-hybridized carbons (Fsp3) is 0.300. The van der Waals surface area contributed by atoms with Crippen LogP contribution in [0.5, 0.6) is 0 Å². The third-order valence-electron chi connectivity index (χ3n) is 2.21. The highest BCUT2D eigenvalue weighted by Crippen LogP contribution is 2.27. The number of nitrogen functional groups attached to an aromatic ring is 1. The highest BCUT2D eigenvalue weighted by molar-refractivity contribution is 9.10. The molecule has 15 heavy (non-hydrogen) atoms. The van der Waals surface area contributed by atoms with Crippen LogP contribution in [0.15, 0.2) is 25.9 Å². The van der Waals surface area contributed by atoms with Gasteiger partial charge in [0.05, 0.1) is 11.7 Å². The Kier molecular flexibility index (Phi) is 2.34. The maximum atomic E-state index is 11.9. The van der Waals surface area contributed by atoms with Gasteiger partial charge in [-0.15, -0.1) is 0 Å². The average molecular weight is 271 g/mol. The maximum Gasteiger partial charge on any atom is 0.291 e. The SMILES string of the molecule is CC(C)n1oc2c(N)ccc(Br)c2c1=O. The molecule has 0 atom stereocenters. The fourth-order valence-corrected chi connectivity index (χ4v) is 1.94. The highest BCUT2D eigenvalue weighted by atomic mass is 79.9. The van der Waals surface area contributed by atoms with Gasteiger partial charge in [0.15, 0.2) is 5.58 Å². The van der Waals surface area contributed by atoms with Crippen LogP contribution >= 0.6 is 15.9 Å². The third kappa shape index (κ3) is 1.47. The molecule has 5 heteroatoms. The van der Waals surface area contributed by atoms with Crippen molar-refractivity contribution in [2.75, 3.05) is 5.73 Å². The predicted octanol–water partition coefficient (Wildman–Crippen LogP) is 2.52. The van der Waals surface area contributed by atoms with Crippen molar-refractivity contribution in [3.05, 3.63) is 27.0 Å². The minimum absolute atomic E-state index is 0.0174. The molecule has 0 aliphatic rings. The number of nitrogens with zero attached hydrogens (tertiary/aromatic N) is 1. The van der Waals surface area contributed by atoms with Crippen LogP contribution in [0.2, 0.25) is 0 Å². The lowest BCUT2D eigenvalue weighted by molar-refractivity contribution is 0.251. The smallest absolute Gasteiger partial charge is 0.291 e. The number of hydrogen-bond donors (Lipinski definition) is 1. The van der Waals surface area contributed by atoms with Crippen molar-refractivity contribution >= 4 is 32.6 Å². The van der Waals surface area contributed by atoms with Gasteiger partial charge in [0.25, 0.3) is 5.56 Å². The van der Waals surface area contributed by atoms with Crippen molar-refractivity contribution < 1.29 is 4.52 Å². The van der Waals surface area contributed by atoms with Gasteiger partial charge >= 0.3 is 0 Å². The largest absolute Gasteiger partial charge is 0.396 e. The van der Waals surface area contributed by atoms with Gasteiger partial charge < -0.3 is 10.3 Å². The standard InChI is InChI=1S/C10H11BrN2O2/c1-5(2)13-10(14)8-6(11)3-4-7(12)9(8)15-13/h3-5H,12H2,1-2H3. The molecule has 0 fully saturated rings. The van der Waals surface area contributed by atoms with Crippen molar-refractivity contribution in [1.82, 2.24) is 4.74 Å². The Balaban J connectivity index is 2.94. The first kappa shape index (κ1) is 10.3. The molecule has 1 heterocycles. The minimum Gasteiger partial charge on any atom is -0.396 e. The van der Waals surface area contributed by atoms with E-state index in [1.165, 1.54) is 4.74 Å². The number of benzene rings is 1. The average Bonchev–Trinajstić information content (AvgIpc) is 2.51. The van der Waals surface area contributed by atoms with Crippen LogP contribution in [0.4, 0.5) is 5.69 Å². The van der Waals surface area contributed by atoms with Gasteiger partial charge in [-0.25, -0.2) is 0 Å². The quantitative estimate of drug-likeness (QED) is 0.810. The Morgan fingerprint density at radius 3 is 2.67 bits per heavy atom. The number of fused-ring (bicyclic) bond motifs is 1. The molecule has 0 amide bonds. The van der Waals surface area contributed by atoms with E-state index in [1.807, 2.05) is 13.8 Å². The van der Waals surface area contributed by atoms with E-state index in [-0.39, 0.29) is 11.6 Å². The molecule has 0 bridgehead atoms. The molecule has 2 aromatic rings. The van der Waals surface area contributed by atoms with Crippen molar-refractivity contribution in [1.29, 1.82) is 0 Å². The van der Waals surface area contributed by atoms with E-state index < -0.39 is 0 Å². The van der Waals surface area contributed by atoms with Gasteiger partial charge in [-0.3, -0.25) is 4.79 Å². The first-order chi connectivity index (χ1) is 7.02. The number of aromatic nitrogens is 1. The summed E-state index contributed by atoms with van der Waals surface area (Å²) >= 11 is 3.32. The summed E-state index contributed by atoms with van der Waals surface area (Å²) in [7, 11) is 0. The molecular formula is C10H11BrN2O2. The molecule has 0 aliphatic carbocycles. The van der Waals surface area contributed by atoms with Crippen LogP contribution in [0.25, 0.3) is 11.0 Å². The van der Waals surface area contributed by atoms with Crippen molar-refractivity contribution in [3.63, 3.8) is 0 Å². The molecule has 0 aliphatic heterocycles. The van der Waals surface area contributed by atoms with Gasteiger partial charge in [0.2, 0.25) is 0 Å². The van der Waals surface area contributed by atoms with Crippen LogP contribution in [0, 0.1) is 0 Å². The topological polar surface area (TPSA) is 61.2 Å². The van der Waals surface area contributed by atoms with Crippen LogP contribution in [-0.2, 0) is 0 Å². The lowest BCUT2D eigenvalue weighted by Crippen LogP contribution is -2.16. The summed E-state index contributed by atoms with van der Waals surface area (Å²) in [5, 5.41) is 0.503. The first-order valence-electron chi connectivity index (χ1n) is 4.62. The Hall–Kier alpha value is -1.23. The van der Waals surface area contributed by atoms with Gasteiger partial charge in [-0.1, -0.05) is 0 Å². The van der Waals surface area contributed by atoms with Gasteiger partial charge in [0, 0.05) is 4.47 Å². The first-order valence-corrected chi connectivity index (χ1v) is 5.41. The molecule has 4 nitrogen and oxygen atoms in total. The van der Waals surface area contributed by atoms with E-state index in [0.717, 1.165) is 0 Å². The fourth-order valence-electron chi connectivity index (χ4n) is 1.46. The zero-order chi connectivity index (χ0) is 11.2. The van der Waals surface area contributed by atoms with Crippen molar-refractivity contribution in [3.8, 4) is 0 Å². The Morgan fingerprint density at radius 1 is 1.47 bits per heavy atom. The van der Waals surface area contributed by atoms with Crippen LogP contribution in [0.3, 0.4) is 0 Å². The van der Waals surface area contributed by atoms with E-state index in [1.54, 1.807) is 12.1 Å². The second-order valence-electron chi connectivity index (χ2n) is 3.66. The number of nitrogens with two attached hydrogens (primary N) is 1. The van der Waals surface area contributed by atoms with E-state index in [9.17, 15) is 4.79 Å². The summed E-state index contributed by atoms with van der Waals surface area (Å²) < 4.78 is 7.45. The Labute approximate surface area is 94.8 Å². The minimum atomic E-state index is -0.154. The van der Waals surface area contributed by atoms with Gasteiger partial charge in [0.1, 0.15) is 5.39 Å². The zero-order valence-electron chi connectivity index (χ0n) is 8.45. The zero-order valence-corrected chi connectivity index (χ0v) is 10.0. The summed E-state index contributed by atoms with van der Waals surface area (Å²) in [5.41, 5.74) is 6.51. The normalized spacial score (nSPS) is 11.5. The monoisotopic (exact) mass is 270 g/mol. The lowest BCUT2D eigenvalue weighted by Gasteiger charge is -2.00. The van der Waals surface area contributed by atoms with Crippen molar-refractivity contribution in [2.24, 2.45) is 0 Å². The molecule has 1 aromatic carbocycles. The molecule has 0 spiro atoms. The molecule has 0 saturated carbocycles. The number of halogens is 1. The molecule has 2 N–H and O–H groups in total. The second kappa shape index (κ2) is 3.41. The second-order valence-corrected chi connectivity index (χ2v) is 4.51. The van der Waals surface area contributed by atoms with Crippen LogP contribution in [-0.4, -0.2) is 4.74 Å². The Bertz CT molecular complexity index is 569. The maximum absolute atomic E-state index is 11.9. The molecule has 0 saturated heterocycles. The third-order valence-corrected chi connectivity index (χ3v) is 2.87. The van der Waals surface area contributed by atoms with Gasteiger partial charge in [-0.05, 0) is 41.9 Å². The van der Waals surface area contributed by atoms with E-state index in [0.29, 0.717) is 21.1 Å². The predicted molar refractivity (Wildman–Crippen MR) is 63.0 cm³/mol. The van der Waals surface area contributed by atoms with E-state index in [4.69, 9.17) is 10.3 Å². The molecule has 0 unspecified atom stereocenters. The van der Waals surface area contributed by atoms with Gasteiger partial charge in [-0.2, -0.15) is 4.74 Å². The molecule has 80 valence electrons. The summed E-state index contributed by atoms with van der Waals surface area (Å²) in [6.07, 6.45) is 0. The van der Waals surface area contributed by atoms with E-state index in [2.05, 4.69) is 15.9 Å². The highest BCUT2D eigenvalue weighted by Gasteiger charge is 2.16. The molecule has 1 aromatic heterocycles. The molecule has 0 radical (unpaired) electrons. The lowest BCUT2D eigenvalue weighted by atomic mass is 10.2. The summed E-state index contributed by atoms with van der Waals surface area (Å²) in [6.45, 7) is 3.77. The summed E-state index contributed by atoms with van der Waals surface area (Å²) in [5.74, 6) is 0. The number of anilines is 1.